The Hall–Kier alpha value is -7.13. The highest BCUT2D eigenvalue weighted by Gasteiger charge is 2.27. The van der Waals surface area contributed by atoms with Gasteiger partial charge in [0.15, 0.2) is 34.5 Å². The largest absolute Gasteiger partial charge is 0.497 e. The van der Waals surface area contributed by atoms with E-state index in [4.69, 9.17) is 58.8 Å². The molecule has 7 heterocycles. The van der Waals surface area contributed by atoms with Crippen molar-refractivity contribution in [3.05, 3.63) is 107 Å². The van der Waals surface area contributed by atoms with Gasteiger partial charge in [0.25, 0.3) is 11.8 Å². The van der Waals surface area contributed by atoms with Crippen molar-refractivity contribution in [2.75, 3.05) is 93.9 Å². The fraction of sp³-hybridized carbons (Fsp3) is 0.239. The first-order valence-corrected chi connectivity index (χ1v) is 23.7. The number of ether oxygens (including phenoxy) is 3. The Morgan fingerprint density at radius 2 is 0.941 bits per heavy atom. The first-order valence-electron chi connectivity index (χ1n) is 21.3. The van der Waals surface area contributed by atoms with Gasteiger partial charge in [-0.2, -0.15) is 9.97 Å². The number of hydrogen-bond acceptors (Lipinski definition) is 18. The standard InChI is InChI=1S/C24H23ClN6O3S.C22H20ClN7O2S/c1-33-17-6-8-18(9-7-17)34-14-19(32)30-10-12-31(13-11-30)21-20-23(29-24(26)28-21)35-22(27-20)15-2-4-16(25)5-3-15;23-15-1-3-16(4-2-15)32-13-17(31)29-9-11-30(12-10-29)19-18-21(28-22(24)27-19)33-20(26-18)14-5-7-25-8-6-14/h2-9H,10-14H2,1H3,(H2,26,28,29);1-8H,9-13H2,(H2,24,27,28). The Morgan fingerprint density at radius 3 is 1.38 bits per heavy atom. The van der Waals surface area contributed by atoms with Crippen LogP contribution in [0.4, 0.5) is 23.5 Å². The molecule has 0 bridgehead atoms. The number of nitrogens with two attached hydrogens (primary N) is 2. The van der Waals surface area contributed by atoms with Crippen molar-refractivity contribution >= 4 is 102 Å². The maximum Gasteiger partial charge on any atom is 0.260 e. The van der Waals surface area contributed by atoms with E-state index in [0.29, 0.717) is 96.6 Å². The van der Waals surface area contributed by atoms with Crippen LogP contribution in [-0.2, 0) is 9.59 Å². The van der Waals surface area contributed by atoms with Crippen LogP contribution in [0.3, 0.4) is 0 Å². The molecule has 2 aliphatic rings. The molecule has 0 atom stereocenters. The normalized spacial score (nSPS) is 13.9. The van der Waals surface area contributed by atoms with E-state index in [1.807, 2.05) is 36.4 Å². The molecule has 0 aliphatic carbocycles. The molecule has 18 nitrogen and oxygen atoms in total. The Balaban J connectivity index is 0.000000170. The van der Waals surface area contributed by atoms with Crippen molar-refractivity contribution in [2.45, 2.75) is 0 Å². The molecule has 2 aliphatic heterocycles. The number of halogens is 2. The number of anilines is 4. The minimum absolute atomic E-state index is 0.0201. The first-order chi connectivity index (χ1) is 33.1. The molecule has 0 spiro atoms. The average Bonchev–Trinajstić information content (AvgIpc) is 4.01. The number of nitrogen functional groups attached to an aromatic ring is 2. The molecule has 0 radical (unpaired) electrons. The summed E-state index contributed by atoms with van der Waals surface area (Å²) in [5.74, 6) is 3.62. The van der Waals surface area contributed by atoms with Gasteiger partial charge in [-0.1, -0.05) is 58.0 Å². The van der Waals surface area contributed by atoms with Crippen LogP contribution in [0.5, 0.6) is 17.2 Å². The monoisotopic (exact) mass is 991 g/mol. The average molecular weight is 993 g/mol. The van der Waals surface area contributed by atoms with Gasteiger partial charge < -0.3 is 45.3 Å². The summed E-state index contributed by atoms with van der Waals surface area (Å²) in [5, 5.41) is 2.95. The molecule has 0 saturated carbocycles. The van der Waals surface area contributed by atoms with E-state index < -0.39 is 0 Å². The van der Waals surface area contributed by atoms with E-state index in [9.17, 15) is 9.59 Å². The number of rotatable bonds is 11. The van der Waals surface area contributed by atoms with Gasteiger partial charge in [-0.05, 0) is 72.8 Å². The molecule has 10 rings (SSSR count). The van der Waals surface area contributed by atoms with Gasteiger partial charge in [-0.3, -0.25) is 14.6 Å². The van der Waals surface area contributed by atoms with Gasteiger partial charge in [0, 0.05) is 85.9 Å². The van der Waals surface area contributed by atoms with E-state index in [-0.39, 0.29) is 36.9 Å². The Bertz CT molecular complexity index is 3020. The predicted molar refractivity (Wildman–Crippen MR) is 266 cm³/mol. The lowest BCUT2D eigenvalue weighted by Crippen LogP contribution is -2.50. The van der Waals surface area contributed by atoms with Gasteiger partial charge in [0.2, 0.25) is 11.9 Å². The number of benzene rings is 3. The molecule has 2 saturated heterocycles. The quantitative estimate of drug-likeness (QED) is 0.136. The highest BCUT2D eigenvalue weighted by atomic mass is 35.5. The van der Waals surface area contributed by atoms with Gasteiger partial charge in [-0.25, -0.2) is 19.9 Å². The molecule has 2 fully saturated rings. The predicted octanol–water partition coefficient (Wildman–Crippen LogP) is 6.84. The lowest BCUT2D eigenvalue weighted by atomic mass is 10.2. The van der Waals surface area contributed by atoms with Crippen molar-refractivity contribution in [3.8, 4) is 38.4 Å². The topological polar surface area (TPSA) is 217 Å². The molecule has 2 amide bonds. The smallest absolute Gasteiger partial charge is 0.260 e. The van der Waals surface area contributed by atoms with Crippen LogP contribution in [0.15, 0.2) is 97.3 Å². The summed E-state index contributed by atoms with van der Waals surface area (Å²) in [6, 6.07) is 25.4. The molecule has 8 aromatic rings. The van der Waals surface area contributed by atoms with Crippen molar-refractivity contribution in [2.24, 2.45) is 0 Å². The molecule has 22 heteroatoms. The Kier molecular flexibility index (Phi) is 14.1. The second-order valence-electron chi connectivity index (χ2n) is 15.3. The molecule has 348 valence electrons. The van der Waals surface area contributed by atoms with E-state index in [0.717, 1.165) is 36.6 Å². The number of methoxy groups -OCH3 is 1. The zero-order valence-corrected chi connectivity index (χ0v) is 39.6. The number of carbonyl (C=O) groups excluding carboxylic acids is 2. The maximum absolute atomic E-state index is 12.7. The third-order valence-corrected chi connectivity index (χ3v) is 13.5. The molecule has 4 N–H and O–H groups in total. The summed E-state index contributed by atoms with van der Waals surface area (Å²) in [6.45, 7) is 4.59. The SMILES string of the molecule is COc1ccc(OCC(=O)N2CCN(c3nc(N)nc4sc(-c5ccc(Cl)cc5)nc34)CC2)cc1.Nc1nc(N2CCN(C(=O)COc3ccc(Cl)cc3)CC2)c2nc(-c3ccncc3)sc2n1. The molecule has 68 heavy (non-hydrogen) atoms. The molecular formula is C46H43Cl2N13O5S2. The third-order valence-electron chi connectivity index (χ3n) is 11.0. The van der Waals surface area contributed by atoms with Crippen LogP contribution in [0, 0.1) is 0 Å². The van der Waals surface area contributed by atoms with Crippen molar-refractivity contribution < 1.29 is 23.8 Å². The van der Waals surface area contributed by atoms with Crippen LogP contribution in [0.25, 0.3) is 41.8 Å². The van der Waals surface area contributed by atoms with E-state index in [2.05, 4.69) is 34.7 Å². The maximum atomic E-state index is 12.7. The summed E-state index contributed by atoms with van der Waals surface area (Å²) in [4.78, 5) is 65.9. The summed E-state index contributed by atoms with van der Waals surface area (Å²) < 4.78 is 16.4. The molecule has 3 aromatic carbocycles. The summed E-state index contributed by atoms with van der Waals surface area (Å²) >= 11 is 14.8. The fourth-order valence-electron chi connectivity index (χ4n) is 7.43. The second-order valence-corrected chi connectivity index (χ2v) is 18.2. The Labute approximate surface area is 408 Å². The van der Waals surface area contributed by atoms with Crippen LogP contribution < -0.4 is 35.5 Å². The first kappa shape index (κ1) is 46.0. The summed E-state index contributed by atoms with van der Waals surface area (Å²) in [6.07, 6.45) is 3.46. The fourth-order valence-corrected chi connectivity index (χ4v) is 9.58. The van der Waals surface area contributed by atoms with Gasteiger partial charge >= 0.3 is 0 Å². The minimum atomic E-state index is -0.0643. The van der Waals surface area contributed by atoms with Crippen molar-refractivity contribution in [3.63, 3.8) is 0 Å². The summed E-state index contributed by atoms with van der Waals surface area (Å²) in [5.41, 5.74) is 15.3. The lowest BCUT2D eigenvalue weighted by Gasteiger charge is -2.35. The van der Waals surface area contributed by atoms with Crippen molar-refractivity contribution in [1.29, 1.82) is 0 Å². The van der Waals surface area contributed by atoms with Crippen LogP contribution >= 0.6 is 45.9 Å². The molecule has 0 unspecified atom stereocenters. The van der Waals surface area contributed by atoms with Crippen molar-refractivity contribution in [1.82, 2.24) is 44.7 Å². The lowest BCUT2D eigenvalue weighted by molar-refractivity contribution is -0.134. The van der Waals surface area contributed by atoms with E-state index in [1.54, 1.807) is 77.8 Å². The highest BCUT2D eigenvalue weighted by Crippen LogP contribution is 2.36. The number of aromatic nitrogens is 7. The number of nitrogens with zero attached hydrogens (tertiary/aromatic N) is 11. The highest BCUT2D eigenvalue weighted by molar-refractivity contribution is 7.21. The summed E-state index contributed by atoms with van der Waals surface area (Å²) in [7, 11) is 1.60. The zero-order chi connectivity index (χ0) is 47.1. The molecule has 5 aromatic heterocycles. The number of fused-ring (bicyclic) bond motifs is 2. The second kappa shape index (κ2) is 20.8. The van der Waals surface area contributed by atoms with Gasteiger partial charge in [-0.15, -0.1) is 0 Å². The van der Waals surface area contributed by atoms with Gasteiger partial charge in [0.1, 0.15) is 38.3 Å². The van der Waals surface area contributed by atoms with E-state index >= 15 is 0 Å². The number of hydrogen-bond donors (Lipinski definition) is 2. The number of pyridine rings is 1. The zero-order valence-electron chi connectivity index (χ0n) is 36.5. The van der Waals surface area contributed by atoms with Crippen LogP contribution in [-0.4, -0.2) is 129 Å². The number of thiazole rings is 2. The van der Waals surface area contributed by atoms with Crippen LogP contribution in [0.2, 0.25) is 10.0 Å². The van der Waals surface area contributed by atoms with Crippen LogP contribution in [0.1, 0.15) is 0 Å². The third kappa shape index (κ3) is 10.8. The number of amides is 2. The van der Waals surface area contributed by atoms with Gasteiger partial charge in [0.05, 0.1) is 7.11 Å². The number of piperazine rings is 2. The van der Waals surface area contributed by atoms with E-state index in [1.165, 1.54) is 22.7 Å². The minimum Gasteiger partial charge on any atom is -0.497 e. The number of carbonyl (C=O) groups is 2. The molecular weight excluding hydrogens is 950 g/mol. The Morgan fingerprint density at radius 1 is 0.544 bits per heavy atom.